The van der Waals surface area contributed by atoms with Crippen LogP contribution in [0.4, 0.5) is 0 Å². The van der Waals surface area contributed by atoms with E-state index >= 15 is 0 Å². The van der Waals surface area contributed by atoms with E-state index in [2.05, 4.69) is 10.3 Å². The summed E-state index contributed by atoms with van der Waals surface area (Å²) >= 11 is 1.13. The van der Waals surface area contributed by atoms with Gasteiger partial charge in [0.1, 0.15) is 0 Å². The number of nitrogens with zero attached hydrogens (tertiary/aromatic N) is 1. The first kappa shape index (κ1) is 12.6. The maximum Gasteiger partial charge on any atom is 0.249 e. The summed E-state index contributed by atoms with van der Waals surface area (Å²) in [5, 5.41) is 2.47. The number of nitrogens with one attached hydrogen (secondary N) is 1. The Labute approximate surface area is 109 Å². The van der Waals surface area contributed by atoms with Gasteiger partial charge in [-0.1, -0.05) is 42.1 Å². The van der Waals surface area contributed by atoms with Crippen LogP contribution in [0.5, 0.6) is 0 Å². The Morgan fingerprint density at radius 3 is 2.83 bits per heavy atom. The third-order valence-electron chi connectivity index (χ3n) is 2.46. The maximum absolute atomic E-state index is 11.9. The Kier molecular flexibility index (Phi) is 3.99. The lowest BCUT2D eigenvalue weighted by Gasteiger charge is -2.17. The van der Waals surface area contributed by atoms with Crippen molar-refractivity contribution in [2.45, 2.75) is 18.2 Å². The average molecular weight is 263 g/mol. The summed E-state index contributed by atoms with van der Waals surface area (Å²) in [5.74, 6) is -0.527. The first-order valence-electron chi connectivity index (χ1n) is 5.50. The van der Waals surface area contributed by atoms with Gasteiger partial charge in [0.15, 0.2) is 5.17 Å². The lowest BCUT2D eigenvalue weighted by molar-refractivity contribution is -0.124. The highest BCUT2D eigenvalue weighted by Crippen LogP contribution is 2.20. The number of amides is 2. The van der Waals surface area contributed by atoms with E-state index in [9.17, 15) is 9.59 Å². The van der Waals surface area contributed by atoms with Crippen molar-refractivity contribution in [1.29, 1.82) is 0 Å². The van der Waals surface area contributed by atoms with Crippen LogP contribution in [0.2, 0.25) is 0 Å². The average Bonchev–Trinajstić information content (AvgIpc) is 2.36. The van der Waals surface area contributed by atoms with E-state index in [1.807, 2.05) is 30.3 Å². The Balaban J connectivity index is 1.89. The van der Waals surface area contributed by atoms with Gasteiger partial charge in [-0.15, -0.1) is 0 Å². The second-order valence-electron chi connectivity index (χ2n) is 3.86. The summed E-state index contributed by atoms with van der Waals surface area (Å²) < 4.78 is 0. The van der Waals surface area contributed by atoms with E-state index in [-0.39, 0.29) is 23.4 Å². The maximum atomic E-state index is 11.9. The largest absolute Gasteiger partial charge is 0.378 e. The van der Waals surface area contributed by atoms with Gasteiger partial charge in [-0.2, -0.15) is 4.99 Å². The van der Waals surface area contributed by atoms with Crippen molar-refractivity contribution in [3.8, 4) is 0 Å². The number of thioether (sulfide) groups is 1. The van der Waals surface area contributed by atoms with Crippen molar-refractivity contribution in [3.63, 3.8) is 0 Å². The van der Waals surface area contributed by atoms with Crippen molar-refractivity contribution in [2.75, 3.05) is 0 Å². The minimum absolute atomic E-state index is 0.103. The molecular weight excluding hydrogens is 250 g/mol. The molecule has 1 aliphatic rings. The summed E-state index contributed by atoms with van der Waals surface area (Å²) in [7, 11) is 0. The highest BCUT2D eigenvalue weighted by Gasteiger charge is 2.27. The number of rotatable bonds is 3. The van der Waals surface area contributed by atoms with E-state index in [4.69, 9.17) is 5.73 Å². The molecule has 3 N–H and O–H groups in total. The molecule has 1 aromatic carbocycles. The van der Waals surface area contributed by atoms with E-state index in [1.54, 1.807) is 0 Å². The van der Waals surface area contributed by atoms with Crippen LogP contribution in [0.25, 0.3) is 0 Å². The fourth-order valence-corrected chi connectivity index (χ4v) is 2.45. The highest BCUT2D eigenvalue weighted by atomic mass is 32.2. The molecule has 2 amide bonds. The summed E-state index contributed by atoms with van der Waals surface area (Å²) in [6.07, 6.45) is 0.103. The Bertz CT molecular complexity index is 487. The van der Waals surface area contributed by atoms with Crippen LogP contribution in [0.15, 0.2) is 35.3 Å². The standard InChI is InChI=1S/C12H13N3O2S/c13-12-15-10(16)6-9(18-12)11(17)14-7-8-4-2-1-3-5-8/h1-5,9H,6-7H2,(H,14,17)(H2,13,15,16)/t9-/m1/s1. The summed E-state index contributed by atoms with van der Waals surface area (Å²) in [6.45, 7) is 0.446. The Morgan fingerprint density at radius 2 is 2.17 bits per heavy atom. The van der Waals surface area contributed by atoms with Crippen LogP contribution < -0.4 is 11.1 Å². The quantitative estimate of drug-likeness (QED) is 0.838. The normalized spacial score (nSPS) is 19.2. The minimum atomic E-state index is -0.473. The molecule has 0 aromatic heterocycles. The molecule has 0 spiro atoms. The lowest BCUT2D eigenvalue weighted by Crippen LogP contribution is -2.37. The predicted octanol–water partition coefficient (Wildman–Crippen LogP) is 0.650. The molecule has 18 heavy (non-hydrogen) atoms. The van der Waals surface area contributed by atoms with Gasteiger partial charge in [-0.25, -0.2) is 0 Å². The van der Waals surface area contributed by atoms with Crippen LogP contribution in [0.1, 0.15) is 12.0 Å². The zero-order chi connectivity index (χ0) is 13.0. The Hall–Kier alpha value is -1.82. The molecule has 6 heteroatoms. The van der Waals surface area contributed by atoms with Crippen LogP contribution in [0.3, 0.4) is 0 Å². The second-order valence-corrected chi connectivity index (χ2v) is 5.08. The lowest BCUT2D eigenvalue weighted by atomic mass is 10.2. The molecule has 0 saturated heterocycles. The van der Waals surface area contributed by atoms with Gasteiger partial charge in [-0.05, 0) is 5.56 Å². The zero-order valence-corrected chi connectivity index (χ0v) is 10.4. The molecule has 0 unspecified atom stereocenters. The molecule has 0 aliphatic carbocycles. The van der Waals surface area contributed by atoms with Crippen LogP contribution in [0, 0.1) is 0 Å². The van der Waals surface area contributed by atoms with E-state index in [0.717, 1.165) is 17.3 Å². The number of nitrogens with two attached hydrogens (primary N) is 1. The topological polar surface area (TPSA) is 84.5 Å². The first-order chi connectivity index (χ1) is 8.65. The van der Waals surface area contributed by atoms with Crippen molar-refractivity contribution in [2.24, 2.45) is 10.7 Å². The molecule has 5 nitrogen and oxygen atoms in total. The summed E-state index contributed by atoms with van der Waals surface area (Å²) in [4.78, 5) is 26.6. The molecule has 0 radical (unpaired) electrons. The molecule has 2 rings (SSSR count). The molecular formula is C12H13N3O2S. The number of hydrogen-bond acceptors (Lipinski definition) is 4. The van der Waals surface area contributed by atoms with Crippen molar-refractivity contribution in [3.05, 3.63) is 35.9 Å². The smallest absolute Gasteiger partial charge is 0.249 e. The third-order valence-corrected chi connectivity index (χ3v) is 3.46. The first-order valence-corrected chi connectivity index (χ1v) is 6.38. The highest BCUT2D eigenvalue weighted by molar-refractivity contribution is 8.15. The number of carbonyl (C=O) groups is 2. The number of amidine groups is 1. The second kappa shape index (κ2) is 5.68. The molecule has 1 aliphatic heterocycles. The van der Waals surface area contributed by atoms with E-state index in [1.165, 1.54) is 0 Å². The fourth-order valence-electron chi connectivity index (χ4n) is 1.59. The van der Waals surface area contributed by atoms with Gasteiger partial charge >= 0.3 is 0 Å². The molecule has 0 fully saturated rings. The van der Waals surface area contributed by atoms with Crippen molar-refractivity contribution < 1.29 is 9.59 Å². The van der Waals surface area contributed by atoms with Crippen molar-refractivity contribution in [1.82, 2.24) is 5.32 Å². The molecule has 94 valence electrons. The summed E-state index contributed by atoms with van der Waals surface area (Å²) in [5.41, 5.74) is 6.49. The predicted molar refractivity (Wildman–Crippen MR) is 70.9 cm³/mol. The zero-order valence-electron chi connectivity index (χ0n) is 9.63. The molecule has 0 bridgehead atoms. The minimum Gasteiger partial charge on any atom is -0.378 e. The van der Waals surface area contributed by atoms with Crippen LogP contribution in [-0.4, -0.2) is 22.2 Å². The van der Waals surface area contributed by atoms with Crippen LogP contribution >= 0.6 is 11.8 Å². The van der Waals surface area contributed by atoms with Gasteiger partial charge in [0.05, 0.1) is 11.7 Å². The van der Waals surface area contributed by atoms with E-state index < -0.39 is 5.25 Å². The third kappa shape index (κ3) is 3.33. The number of hydrogen-bond donors (Lipinski definition) is 2. The molecule has 1 heterocycles. The number of aliphatic imine (C=N–C) groups is 1. The molecule has 1 aromatic rings. The SMILES string of the molecule is NC1=NC(=O)C[C@H](C(=O)NCc2ccccc2)S1. The van der Waals surface area contributed by atoms with Gasteiger partial charge in [0.25, 0.3) is 0 Å². The van der Waals surface area contributed by atoms with Gasteiger partial charge in [-0.3, -0.25) is 9.59 Å². The van der Waals surface area contributed by atoms with Crippen molar-refractivity contribution >= 4 is 28.7 Å². The monoisotopic (exact) mass is 263 g/mol. The Morgan fingerprint density at radius 1 is 1.44 bits per heavy atom. The van der Waals surface area contributed by atoms with Gasteiger partial charge in [0.2, 0.25) is 11.8 Å². The number of carbonyl (C=O) groups excluding carboxylic acids is 2. The summed E-state index contributed by atoms with van der Waals surface area (Å²) in [6, 6.07) is 9.58. The number of benzene rings is 1. The van der Waals surface area contributed by atoms with Gasteiger partial charge < -0.3 is 11.1 Å². The molecule has 0 saturated carbocycles. The molecule has 1 atom stereocenters. The van der Waals surface area contributed by atoms with Gasteiger partial charge in [0, 0.05) is 6.54 Å². The van der Waals surface area contributed by atoms with Crippen LogP contribution in [-0.2, 0) is 16.1 Å². The van der Waals surface area contributed by atoms with E-state index in [0.29, 0.717) is 6.54 Å². The fraction of sp³-hybridized carbons (Fsp3) is 0.250.